The van der Waals surface area contributed by atoms with Gasteiger partial charge in [-0.25, -0.2) is 9.97 Å². The van der Waals surface area contributed by atoms with Crippen LogP contribution in [-0.4, -0.2) is 46.5 Å². The molecule has 1 aromatic rings. The van der Waals surface area contributed by atoms with Crippen LogP contribution >= 0.6 is 0 Å². The first kappa shape index (κ1) is 16.6. The molecule has 2 saturated carbocycles. The molecular formula is C19H29N5O. The summed E-state index contributed by atoms with van der Waals surface area (Å²) in [4.78, 5) is 26.0. The molecule has 2 heterocycles. The van der Waals surface area contributed by atoms with E-state index in [2.05, 4.69) is 20.2 Å². The molecule has 0 aromatic carbocycles. The zero-order valence-corrected chi connectivity index (χ0v) is 15.2. The molecule has 6 nitrogen and oxygen atoms in total. The van der Waals surface area contributed by atoms with Crippen LogP contribution < -0.4 is 10.2 Å². The number of hydrogen-bond donors (Lipinski definition) is 1. The SMILES string of the molecule is CN1CC(=O)N(C2CCCCC2)Cc2c(NC3CCCC3)ncnc21. The molecule has 0 unspecified atom stereocenters. The number of rotatable bonds is 3. The van der Waals surface area contributed by atoms with Crippen molar-refractivity contribution in [2.75, 3.05) is 23.8 Å². The molecule has 1 aromatic heterocycles. The van der Waals surface area contributed by atoms with Crippen LogP contribution in [0.3, 0.4) is 0 Å². The summed E-state index contributed by atoms with van der Waals surface area (Å²) in [5.41, 5.74) is 1.09. The van der Waals surface area contributed by atoms with Crippen LogP contribution in [0.4, 0.5) is 11.6 Å². The van der Waals surface area contributed by atoms with Crippen molar-refractivity contribution < 1.29 is 4.79 Å². The van der Waals surface area contributed by atoms with E-state index in [1.165, 1.54) is 44.9 Å². The molecule has 1 N–H and O–H groups in total. The molecule has 1 amide bonds. The summed E-state index contributed by atoms with van der Waals surface area (Å²) < 4.78 is 0. The Hall–Kier alpha value is -1.85. The minimum absolute atomic E-state index is 0.221. The zero-order valence-electron chi connectivity index (χ0n) is 15.2. The van der Waals surface area contributed by atoms with Crippen LogP contribution in [-0.2, 0) is 11.3 Å². The van der Waals surface area contributed by atoms with E-state index in [-0.39, 0.29) is 5.91 Å². The highest BCUT2D eigenvalue weighted by Crippen LogP contribution is 2.33. The number of carbonyl (C=O) groups excluding carboxylic acids is 1. The van der Waals surface area contributed by atoms with Crippen molar-refractivity contribution in [2.45, 2.75) is 76.4 Å². The first-order chi connectivity index (χ1) is 12.2. The Kier molecular flexibility index (Phi) is 4.77. The van der Waals surface area contributed by atoms with Crippen molar-refractivity contribution in [1.29, 1.82) is 0 Å². The highest BCUT2D eigenvalue weighted by Gasteiger charge is 2.32. The maximum atomic E-state index is 12.9. The fraction of sp³-hybridized carbons (Fsp3) is 0.737. The van der Waals surface area contributed by atoms with Gasteiger partial charge in [-0.05, 0) is 25.7 Å². The summed E-state index contributed by atoms with van der Waals surface area (Å²) >= 11 is 0. The lowest BCUT2D eigenvalue weighted by molar-refractivity contribution is -0.133. The van der Waals surface area contributed by atoms with Gasteiger partial charge in [0.2, 0.25) is 5.91 Å². The van der Waals surface area contributed by atoms with Gasteiger partial charge in [-0.15, -0.1) is 0 Å². The summed E-state index contributed by atoms with van der Waals surface area (Å²) in [6.07, 6.45) is 12.6. The van der Waals surface area contributed by atoms with Crippen LogP contribution in [0.2, 0.25) is 0 Å². The van der Waals surface area contributed by atoms with Crippen LogP contribution in [0.25, 0.3) is 0 Å². The number of carbonyl (C=O) groups is 1. The molecule has 0 spiro atoms. The van der Waals surface area contributed by atoms with Crippen LogP contribution in [0.15, 0.2) is 6.33 Å². The normalized spacial score (nSPS) is 22.8. The molecule has 4 rings (SSSR count). The smallest absolute Gasteiger partial charge is 0.242 e. The Bertz CT molecular complexity index is 622. The Morgan fingerprint density at radius 1 is 1.00 bits per heavy atom. The van der Waals surface area contributed by atoms with Gasteiger partial charge in [0.1, 0.15) is 18.0 Å². The third-order valence-electron chi connectivity index (χ3n) is 6.02. The lowest BCUT2D eigenvalue weighted by atomic mass is 9.94. The molecule has 2 aliphatic carbocycles. The monoisotopic (exact) mass is 343 g/mol. The van der Waals surface area contributed by atoms with Crippen LogP contribution in [0.1, 0.15) is 63.4 Å². The fourth-order valence-corrected chi connectivity index (χ4v) is 4.62. The second kappa shape index (κ2) is 7.18. The Labute approximate surface area is 150 Å². The van der Waals surface area contributed by atoms with Crippen molar-refractivity contribution in [3.8, 4) is 0 Å². The van der Waals surface area contributed by atoms with Gasteiger partial charge in [-0.3, -0.25) is 4.79 Å². The van der Waals surface area contributed by atoms with E-state index in [0.717, 1.165) is 30.0 Å². The van der Waals surface area contributed by atoms with Crippen molar-refractivity contribution in [1.82, 2.24) is 14.9 Å². The van der Waals surface area contributed by atoms with E-state index in [1.807, 2.05) is 11.9 Å². The van der Waals surface area contributed by atoms with E-state index in [9.17, 15) is 4.79 Å². The van der Waals surface area contributed by atoms with Gasteiger partial charge >= 0.3 is 0 Å². The lowest BCUT2D eigenvalue weighted by Crippen LogP contribution is -2.43. The van der Waals surface area contributed by atoms with Gasteiger partial charge in [0.25, 0.3) is 0 Å². The minimum atomic E-state index is 0.221. The van der Waals surface area contributed by atoms with E-state index >= 15 is 0 Å². The van der Waals surface area contributed by atoms with E-state index in [4.69, 9.17) is 0 Å². The second-order valence-electron chi connectivity index (χ2n) is 7.82. The summed E-state index contributed by atoms with van der Waals surface area (Å²) in [6, 6.07) is 0.881. The maximum absolute atomic E-state index is 12.9. The number of nitrogens with one attached hydrogen (secondary N) is 1. The molecule has 2 fully saturated rings. The predicted molar refractivity (Wildman–Crippen MR) is 98.6 cm³/mol. The molecule has 0 bridgehead atoms. The first-order valence-corrected chi connectivity index (χ1v) is 9.83. The third-order valence-corrected chi connectivity index (χ3v) is 6.02. The third kappa shape index (κ3) is 3.44. The standard InChI is InChI=1S/C19H29N5O/c1-23-12-17(25)24(15-9-3-2-4-10-15)11-16-18(20-13-21-19(16)23)22-14-7-5-6-8-14/h13-15H,2-12H2,1H3,(H,20,21,22). The highest BCUT2D eigenvalue weighted by atomic mass is 16.2. The van der Waals surface area contributed by atoms with Gasteiger partial charge in [0.05, 0.1) is 18.7 Å². The van der Waals surface area contributed by atoms with Crippen molar-refractivity contribution in [3.05, 3.63) is 11.9 Å². The molecule has 0 atom stereocenters. The average Bonchev–Trinajstić information content (AvgIpc) is 3.09. The molecule has 0 radical (unpaired) electrons. The molecule has 0 saturated heterocycles. The molecule has 25 heavy (non-hydrogen) atoms. The van der Waals surface area contributed by atoms with E-state index in [1.54, 1.807) is 6.33 Å². The van der Waals surface area contributed by atoms with Crippen molar-refractivity contribution in [2.24, 2.45) is 0 Å². The average molecular weight is 343 g/mol. The van der Waals surface area contributed by atoms with Gasteiger partial charge in [0.15, 0.2) is 0 Å². The number of amides is 1. The Morgan fingerprint density at radius 2 is 1.72 bits per heavy atom. The molecule has 3 aliphatic rings. The Balaban J connectivity index is 1.63. The largest absolute Gasteiger partial charge is 0.367 e. The highest BCUT2D eigenvalue weighted by molar-refractivity contribution is 5.84. The second-order valence-corrected chi connectivity index (χ2v) is 7.82. The summed E-state index contributed by atoms with van der Waals surface area (Å²) in [5.74, 6) is 2.06. The van der Waals surface area contributed by atoms with Crippen molar-refractivity contribution in [3.63, 3.8) is 0 Å². The van der Waals surface area contributed by atoms with Gasteiger partial charge in [-0.2, -0.15) is 0 Å². The molecule has 136 valence electrons. The number of likely N-dealkylation sites (N-methyl/N-ethyl adjacent to an activating group) is 1. The number of hydrogen-bond acceptors (Lipinski definition) is 5. The number of anilines is 2. The number of fused-ring (bicyclic) bond motifs is 1. The van der Waals surface area contributed by atoms with Crippen molar-refractivity contribution >= 4 is 17.5 Å². The molecule has 1 aliphatic heterocycles. The van der Waals surface area contributed by atoms with Gasteiger partial charge in [-0.1, -0.05) is 32.1 Å². The van der Waals surface area contributed by atoms with Gasteiger partial charge in [0, 0.05) is 19.1 Å². The topological polar surface area (TPSA) is 61.4 Å². The summed E-state index contributed by atoms with van der Waals surface area (Å²) in [5, 5.41) is 3.64. The summed E-state index contributed by atoms with van der Waals surface area (Å²) in [6.45, 7) is 1.04. The molecular weight excluding hydrogens is 314 g/mol. The van der Waals surface area contributed by atoms with Crippen LogP contribution in [0.5, 0.6) is 0 Å². The quantitative estimate of drug-likeness (QED) is 0.914. The zero-order chi connectivity index (χ0) is 17.2. The number of nitrogens with zero attached hydrogens (tertiary/aromatic N) is 4. The Morgan fingerprint density at radius 3 is 2.48 bits per heavy atom. The minimum Gasteiger partial charge on any atom is -0.367 e. The summed E-state index contributed by atoms with van der Waals surface area (Å²) in [7, 11) is 1.97. The van der Waals surface area contributed by atoms with E-state index < -0.39 is 0 Å². The van der Waals surface area contributed by atoms with E-state index in [0.29, 0.717) is 25.2 Å². The first-order valence-electron chi connectivity index (χ1n) is 9.83. The number of aromatic nitrogens is 2. The maximum Gasteiger partial charge on any atom is 0.242 e. The lowest BCUT2D eigenvalue weighted by Gasteiger charge is -2.33. The fourth-order valence-electron chi connectivity index (χ4n) is 4.62. The van der Waals surface area contributed by atoms with Gasteiger partial charge < -0.3 is 15.1 Å². The van der Waals surface area contributed by atoms with Crippen LogP contribution in [0, 0.1) is 0 Å². The molecule has 6 heteroatoms. The predicted octanol–water partition coefficient (Wildman–Crippen LogP) is 2.94.